The average molecular weight is 446 g/mol. The summed E-state index contributed by atoms with van der Waals surface area (Å²) in [6, 6.07) is 14.3. The van der Waals surface area contributed by atoms with E-state index in [9.17, 15) is 9.59 Å². The molecule has 7 nitrogen and oxygen atoms in total. The summed E-state index contributed by atoms with van der Waals surface area (Å²) in [5.74, 6) is -0.203. The molecule has 1 aliphatic heterocycles. The molecule has 7 heteroatoms. The van der Waals surface area contributed by atoms with Crippen LogP contribution in [0.15, 0.2) is 60.9 Å². The fourth-order valence-corrected chi connectivity index (χ4v) is 4.34. The molecule has 0 aliphatic carbocycles. The molecular weight excluding hydrogens is 418 g/mol. The van der Waals surface area contributed by atoms with Gasteiger partial charge in [0.2, 0.25) is 5.91 Å². The van der Waals surface area contributed by atoms with Crippen molar-refractivity contribution in [2.75, 3.05) is 26.6 Å². The normalized spacial score (nSPS) is 17.3. The molecular formula is C26H27N3O4. The second-order valence-corrected chi connectivity index (χ2v) is 7.96. The van der Waals surface area contributed by atoms with Crippen molar-refractivity contribution in [3.8, 4) is 11.5 Å². The fraction of sp³-hybridized carbons (Fsp3) is 0.269. The van der Waals surface area contributed by atoms with Gasteiger partial charge in [-0.15, -0.1) is 0 Å². The van der Waals surface area contributed by atoms with Gasteiger partial charge in [0, 0.05) is 30.7 Å². The van der Waals surface area contributed by atoms with Crippen molar-refractivity contribution >= 4 is 17.5 Å². The van der Waals surface area contributed by atoms with Gasteiger partial charge in [-0.05, 0) is 53.4 Å². The van der Waals surface area contributed by atoms with Gasteiger partial charge >= 0.3 is 0 Å². The van der Waals surface area contributed by atoms with Crippen LogP contribution in [0.3, 0.4) is 0 Å². The Bertz CT molecular complexity index is 1160. The van der Waals surface area contributed by atoms with Gasteiger partial charge in [-0.3, -0.25) is 14.6 Å². The highest BCUT2D eigenvalue weighted by atomic mass is 16.5. The summed E-state index contributed by atoms with van der Waals surface area (Å²) in [6.45, 7) is 2.08. The third-order valence-corrected chi connectivity index (χ3v) is 6.11. The lowest BCUT2D eigenvalue weighted by atomic mass is 9.79. The van der Waals surface area contributed by atoms with Gasteiger partial charge in [0.1, 0.15) is 0 Å². The third kappa shape index (κ3) is 4.14. The smallest absolute Gasteiger partial charge is 0.254 e. The molecule has 33 heavy (non-hydrogen) atoms. The molecule has 4 rings (SSSR count). The molecule has 2 amide bonds. The van der Waals surface area contributed by atoms with Crippen LogP contribution in [0.5, 0.6) is 11.5 Å². The Morgan fingerprint density at radius 3 is 2.39 bits per heavy atom. The summed E-state index contributed by atoms with van der Waals surface area (Å²) >= 11 is 0. The number of benzene rings is 2. The van der Waals surface area contributed by atoms with Crippen LogP contribution in [-0.4, -0.2) is 43.0 Å². The summed E-state index contributed by atoms with van der Waals surface area (Å²) in [5, 5.41) is 3.04. The zero-order valence-corrected chi connectivity index (χ0v) is 19.2. The van der Waals surface area contributed by atoms with Crippen LogP contribution < -0.4 is 14.8 Å². The molecule has 170 valence electrons. The van der Waals surface area contributed by atoms with Crippen molar-refractivity contribution in [2.45, 2.75) is 25.3 Å². The number of aromatic nitrogens is 1. The lowest BCUT2D eigenvalue weighted by molar-refractivity contribution is -0.119. The van der Waals surface area contributed by atoms with Gasteiger partial charge in [-0.25, -0.2) is 0 Å². The van der Waals surface area contributed by atoms with Crippen molar-refractivity contribution in [3.63, 3.8) is 0 Å². The van der Waals surface area contributed by atoms with E-state index in [1.54, 1.807) is 42.5 Å². The zero-order valence-electron chi connectivity index (χ0n) is 19.2. The van der Waals surface area contributed by atoms with Crippen LogP contribution in [-0.2, 0) is 11.2 Å². The van der Waals surface area contributed by atoms with E-state index >= 15 is 0 Å². The Morgan fingerprint density at radius 1 is 1.09 bits per heavy atom. The molecule has 3 aromatic rings. The van der Waals surface area contributed by atoms with Crippen LogP contribution in [0.1, 0.15) is 45.9 Å². The van der Waals surface area contributed by atoms with Crippen molar-refractivity contribution in [2.24, 2.45) is 0 Å². The number of fused-ring (bicyclic) bond motifs is 1. The van der Waals surface area contributed by atoms with E-state index in [0.717, 1.165) is 12.0 Å². The number of carbonyl (C=O) groups is 2. The third-order valence-electron chi connectivity index (χ3n) is 6.11. The van der Waals surface area contributed by atoms with Crippen molar-refractivity contribution < 1.29 is 19.1 Å². The molecule has 1 aliphatic rings. The SMILES string of the molecule is CCc1ccc(NC(=O)[C@@H]2c3cc(OC)c(OC)cc3C(=O)N(C)[C@H]2c2cccnc2)cc1. The number of carbonyl (C=O) groups excluding carboxylic acids is 2. The Balaban J connectivity index is 1.84. The number of rotatable bonds is 6. The number of amides is 2. The summed E-state index contributed by atoms with van der Waals surface area (Å²) in [7, 11) is 4.75. The molecule has 0 saturated heterocycles. The molecule has 0 fully saturated rings. The minimum Gasteiger partial charge on any atom is -0.493 e. The second-order valence-electron chi connectivity index (χ2n) is 7.96. The number of anilines is 1. The molecule has 0 radical (unpaired) electrons. The van der Waals surface area contributed by atoms with Gasteiger partial charge in [-0.1, -0.05) is 25.1 Å². The van der Waals surface area contributed by atoms with Crippen LogP contribution in [0.2, 0.25) is 0 Å². The first-order valence-electron chi connectivity index (χ1n) is 10.8. The minimum absolute atomic E-state index is 0.198. The van der Waals surface area contributed by atoms with Gasteiger partial charge in [-0.2, -0.15) is 0 Å². The highest BCUT2D eigenvalue weighted by Crippen LogP contribution is 2.45. The summed E-state index contributed by atoms with van der Waals surface area (Å²) < 4.78 is 10.9. The van der Waals surface area contributed by atoms with Crippen LogP contribution in [0.4, 0.5) is 5.69 Å². The summed E-state index contributed by atoms with van der Waals surface area (Å²) in [5.41, 5.74) is 3.66. The van der Waals surface area contributed by atoms with Gasteiger partial charge in [0.15, 0.2) is 11.5 Å². The van der Waals surface area contributed by atoms with Gasteiger partial charge in [0.05, 0.1) is 26.2 Å². The van der Waals surface area contributed by atoms with E-state index in [4.69, 9.17) is 9.47 Å². The Hall–Kier alpha value is -3.87. The quantitative estimate of drug-likeness (QED) is 0.615. The lowest BCUT2D eigenvalue weighted by Gasteiger charge is -2.39. The predicted octanol–water partition coefficient (Wildman–Crippen LogP) is 4.21. The number of hydrogen-bond acceptors (Lipinski definition) is 5. The van der Waals surface area contributed by atoms with Crippen molar-refractivity contribution in [1.29, 1.82) is 0 Å². The zero-order chi connectivity index (χ0) is 23.5. The molecule has 1 aromatic heterocycles. The second kappa shape index (κ2) is 9.32. The molecule has 2 atom stereocenters. The predicted molar refractivity (Wildman–Crippen MR) is 126 cm³/mol. The lowest BCUT2D eigenvalue weighted by Crippen LogP contribution is -2.44. The number of methoxy groups -OCH3 is 2. The van der Waals surface area contributed by atoms with E-state index in [1.807, 2.05) is 30.3 Å². The molecule has 2 aromatic carbocycles. The summed E-state index contributed by atoms with van der Waals surface area (Å²) in [6.07, 6.45) is 4.28. The first kappa shape index (κ1) is 22.3. The van der Waals surface area contributed by atoms with Gasteiger partial charge in [0.25, 0.3) is 5.91 Å². The first-order chi connectivity index (χ1) is 16.0. The molecule has 0 spiro atoms. The highest BCUT2D eigenvalue weighted by Gasteiger charge is 2.43. The van der Waals surface area contributed by atoms with E-state index in [2.05, 4.69) is 17.2 Å². The number of aryl methyl sites for hydroxylation is 1. The Labute approximate surface area is 193 Å². The number of nitrogens with one attached hydrogen (secondary N) is 1. The van der Waals surface area contributed by atoms with Gasteiger partial charge < -0.3 is 19.7 Å². The summed E-state index contributed by atoms with van der Waals surface area (Å²) in [4.78, 5) is 32.9. The standard InChI is InChI=1S/C26H27N3O4/c1-5-16-8-10-18(11-9-16)28-25(30)23-19-13-21(32-3)22(33-4)14-20(19)26(31)29(2)24(23)17-7-6-12-27-15-17/h6-15,23-24H,5H2,1-4H3,(H,28,30)/t23-,24+/m1/s1. The minimum atomic E-state index is -0.683. The number of nitrogens with zero attached hydrogens (tertiary/aromatic N) is 2. The highest BCUT2D eigenvalue weighted by molar-refractivity contribution is 6.04. The average Bonchev–Trinajstić information content (AvgIpc) is 2.86. The van der Waals surface area contributed by atoms with Crippen molar-refractivity contribution in [1.82, 2.24) is 9.88 Å². The fourth-order valence-electron chi connectivity index (χ4n) is 4.34. The molecule has 0 saturated carbocycles. The first-order valence-corrected chi connectivity index (χ1v) is 10.8. The van der Waals surface area contributed by atoms with E-state index in [1.165, 1.54) is 19.8 Å². The number of likely N-dealkylation sites (N-methyl/N-ethyl adjacent to an activating group) is 1. The largest absolute Gasteiger partial charge is 0.493 e. The van der Waals surface area contributed by atoms with Crippen LogP contribution in [0, 0.1) is 0 Å². The van der Waals surface area contributed by atoms with Crippen LogP contribution in [0.25, 0.3) is 0 Å². The Morgan fingerprint density at radius 2 is 1.79 bits per heavy atom. The number of ether oxygens (including phenoxy) is 2. The molecule has 1 N–H and O–H groups in total. The molecule has 2 heterocycles. The maximum absolute atomic E-state index is 13.7. The maximum Gasteiger partial charge on any atom is 0.254 e. The monoisotopic (exact) mass is 445 g/mol. The maximum atomic E-state index is 13.7. The van der Waals surface area contributed by atoms with E-state index in [-0.39, 0.29) is 11.8 Å². The van der Waals surface area contributed by atoms with Crippen LogP contribution >= 0.6 is 0 Å². The molecule has 0 bridgehead atoms. The van der Waals surface area contributed by atoms with E-state index < -0.39 is 12.0 Å². The Kier molecular flexibility index (Phi) is 6.31. The van der Waals surface area contributed by atoms with Crippen molar-refractivity contribution in [3.05, 3.63) is 83.2 Å². The van der Waals surface area contributed by atoms with E-state index in [0.29, 0.717) is 28.3 Å². The number of hydrogen-bond donors (Lipinski definition) is 1. The topological polar surface area (TPSA) is 80.8 Å². The molecule has 0 unspecified atom stereocenters. The number of pyridine rings is 1.